The van der Waals surface area contributed by atoms with Gasteiger partial charge in [-0.2, -0.15) is 0 Å². The molecule has 1 aliphatic heterocycles. The van der Waals surface area contributed by atoms with Gasteiger partial charge < -0.3 is 24.5 Å². The van der Waals surface area contributed by atoms with Crippen LogP contribution in [0.2, 0.25) is 0 Å². The number of para-hydroxylation sites is 2. The Morgan fingerprint density at radius 2 is 1.97 bits per heavy atom. The van der Waals surface area contributed by atoms with Crippen LogP contribution in [0.4, 0.5) is 0 Å². The smallest absolute Gasteiger partial charge is 0.270 e. The lowest BCUT2D eigenvalue weighted by Crippen LogP contribution is -2.41. The lowest BCUT2D eigenvalue weighted by atomic mass is 10.1. The molecule has 0 aliphatic carbocycles. The van der Waals surface area contributed by atoms with Crippen molar-refractivity contribution in [2.24, 2.45) is 0 Å². The van der Waals surface area contributed by atoms with Gasteiger partial charge in [0.1, 0.15) is 30.0 Å². The van der Waals surface area contributed by atoms with Crippen LogP contribution in [-0.4, -0.2) is 42.2 Å². The van der Waals surface area contributed by atoms with Gasteiger partial charge in [0.05, 0.1) is 13.7 Å². The van der Waals surface area contributed by atoms with Gasteiger partial charge in [0.15, 0.2) is 11.5 Å². The van der Waals surface area contributed by atoms with Gasteiger partial charge in [-0.1, -0.05) is 24.3 Å². The Hall–Kier alpha value is -3.81. The Bertz CT molecular complexity index is 1090. The van der Waals surface area contributed by atoms with Gasteiger partial charge in [-0.15, -0.1) is 0 Å². The summed E-state index contributed by atoms with van der Waals surface area (Å²) in [5, 5.41) is 2.76. The summed E-state index contributed by atoms with van der Waals surface area (Å²) in [4.78, 5) is 31.5. The average molecular weight is 407 g/mol. The fraction of sp³-hybridized carbons (Fsp3) is 0.227. The van der Waals surface area contributed by atoms with Crippen LogP contribution in [0.1, 0.15) is 21.9 Å². The summed E-state index contributed by atoms with van der Waals surface area (Å²) in [5.74, 6) is 2.02. The average Bonchev–Trinajstić information content (AvgIpc) is 2.77. The van der Waals surface area contributed by atoms with E-state index in [9.17, 15) is 9.59 Å². The number of nitrogens with one attached hydrogen (secondary N) is 2. The van der Waals surface area contributed by atoms with Crippen molar-refractivity contribution in [2.75, 3.05) is 20.3 Å². The van der Waals surface area contributed by atoms with Crippen molar-refractivity contribution in [3.8, 4) is 17.2 Å². The van der Waals surface area contributed by atoms with E-state index in [0.717, 1.165) is 11.3 Å². The topological polar surface area (TPSA) is 103 Å². The summed E-state index contributed by atoms with van der Waals surface area (Å²) in [6.45, 7) is 0.554. The molecule has 0 radical (unpaired) electrons. The van der Waals surface area contributed by atoms with Gasteiger partial charge in [0.25, 0.3) is 11.5 Å². The molecule has 30 heavy (non-hydrogen) atoms. The second-order valence-electron chi connectivity index (χ2n) is 6.81. The molecule has 1 amide bonds. The highest BCUT2D eigenvalue weighted by Crippen LogP contribution is 2.30. The second kappa shape index (κ2) is 8.69. The molecule has 8 heteroatoms. The lowest BCUT2D eigenvalue weighted by molar-refractivity contribution is 0.0786. The van der Waals surface area contributed by atoms with Crippen molar-refractivity contribution < 1.29 is 19.0 Å². The number of methoxy groups -OCH3 is 1. The third-order valence-electron chi connectivity index (χ3n) is 4.61. The Kier molecular flexibility index (Phi) is 5.65. The van der Waals surface area contributed by atoms with E-state index < -0.39 is 5.91 Å². The van der Waals surface area contributed by atoms with E-state index in [1.54, 1.807) is 7.11 Å². The molecule has 2 aromatic carbocycles. The van der Waals surface area contributed by atoms with Gasteiger partial charge in [0.2, 0.25) is 0 Å². The van der Waals surface area contributed by atoms with Crippen LogP contribution in [0.3, 0.4) is 0 Å². The van der Waals surface area contributed by atoms with Crippen molar-refractivity contribution in [2.45, 2.75) is 12.5 Å². The zero-order chi connectivity index (χ0) is 20.9. The minimum absolute atomic E-state index is 0.0550. The SMILES string of the molecule is COc1ccc(Cc2nc(C(=O)NCC3COc4ccccc4O3)cc(=O)[nH]2)cc1. The third-order valence-corrected chi connectivity index (χ3v) is 4.61. The van der Waals surface area contributed by atoms with E-state index in [-0.39, 0.29) is 23.9 Å². The zero-order valence-corrected chi connectivity index (χ0v) is 16.4. The molecule has 3 aromatic rings. The maximum atomic E-state index is 12.5. The van der Waals surface area contributed by atoms with Crippen LogP contribution in [0.5, 0.6) is 17.2 Å². The molecule has 1 atom stereocenters. The fourth-order valence-corrected chi connectivity index (χ4v) is 3.11. The van der Waals surface area contributed by atoms with Gasteiger partial charge >= 0.3 is 0 Å². The van der Waals surface area contributed by atoms with Crippen LogP contribution < -0.4 is 25.1 Å². The van der Waals surface area contributed by atoms with Crippen LogP contribution in [0.15, 0.2) is 59.4 Å². The number of H-pyrrole nitrogens is 1. The van der Waals surface area contributed by atoms with Crippen molar-refractivity contribution in [3.63, 3.8) is 0 Å². The number of rotatable bonds is 6. The Labute approximate surface area is 172 Å². The molecule has 0 fully saturated rings. The highest BCUT2D eigenvalue weighted by Gasteiger charge is 2.21. The molecule has 8 nitrogen and oxygen atoms in total. The van der Waals surface area contributed by atoms with Gasteiger partial charge in [-0.3, -0.25) is 9.59 Å². The highest BCUT2D eigenvalue weighted by molar-refractivity contribution is 5.92. The van der Waals surface area contributed by atoms with E-state index >= 15 is 0 Å². The molecule has 1 aliphatic rings. The number of nitrogens with zero attached hydrogens (tertiary/aromatic N) is 1. The first-order valence-corrected chi connectivity index (χ1v) is 9.50. The molecule has 4 rings (SSSR count). The fourth-order valence-electron chi connectivity index (χ4n) is 3.11. The summed E-state index contributed by atoms with van der Waals surface area (Å²) < 4.78 is 16.6. The first-order valence-electron chi connectivity index (χ1n) is 9.50. The minimum Gasteiger partial charge on any atom is -0.497 e. The van der Waals surface area contributed by atoms with Crippen LogP contribution in [-0.2, 0) is 6.42 Å². The maximum absolute atomic E-state index is 12.5. The lowest BCUT2D eigenvalue weighted by Gasteiger charge is -2.26. The number of benzene rings is 2. The van der Waals surface area contributed by atoms with Crippen molar-refractivity contribution in [3.05, 3.63) is 82.0 Å². The minimum atomic E-state index is -0.445. The molecule has 0 spiro atoms. The number of amides is 1. The Balaban J connectivity index is 1.39. The molecule has 2 heterocycles. The maximum Gasteiger partial charge on any atom is 0.270 e. The van der Waals surface area contributed by atoms with Crippen LogP contribution in [0, 0.1) is 0 Å². The first kappa shape index (κ1) is 19.5. The standard InChI is InChI=1S/C22H21N3O5/c1-28-15-8-6-14(7-9-15)10-20-24-17(11-21(26)25-20)22(27)23-12-16-13-29-18-4-2-3-5-19(18)30-16/h2-9,11,16H,10,12-13H2,1H3,(H,23,27)(H,24,25,26). The number of hydrogen-bond donors (Lipinski definition) is 2. The molecule has 0 bridgehead atoms. The number of fused-ring (bicyclic) bond motifs is 1. The largest absolute Gasteiger partial charge is 0.497 e. The summed E-state index contributed by atoms with van der Waals surface area (Å²) in [6.07, 6.45) is 0.0566. The molecule has 0 saturated carbocycles. The number of aromatic amines is 1. The Morgan fingerprint density at radius 1 is 1.20 bits per heavy atom. The number of hydrogen-bond acceptors (Lipinski definition) is 6. The molecule has 0 saturated heterocycles. The molecule has 154 valence electrons. The number of ether oxygens (including phenoxy) is 3. The molecular weight excluding hydrogens is 386 g/mol. The van der Waals surface area contributed by atoms with Gasteiger partial charge in [-0.05, 0) is 29.8 Å². The first-order chi connectivity index (χ1) is 14.6. The van der Waals surface area contributed by atoms with Gasteiger partial charge in [0, 0.05) is 12.5 Å². The van der Waals surface area contributed by atoms with E-state index in [1.807, 2.05) is 48.5 Å². The van der Waals surface area contributed by atoms with Crippen LogP contribution >= 0.6 is 0 Å². The van der Waals surface area contributed by atoms with Crippen molar-refractivity contribution in [1.29, 1.82) is 0 Å². The normalized spacial score (nSPS) is 14.8. The van der Waals surface area contributed by atoms with E-state index in [0.29, 0.717) is 30.4 Å². The predicted octanol–water partition coefficient (Wildman–Crippen LogP) is 1.94. The molecule has 1 unspecified atom stereocenters. The summed E-state index contributed by atoms with van der Waals surface area (Å²) in [6, 6.07) is 16.0. The number of aromatic nitrogens is 2. The summed E-state index contributed by atoms with van der Waals surface area (Å²) in [7, 11) is 1.60. The van der Waals surface area contributed by atoms with E-state index in [4.69, 9.17) is 14.2 Å². The highest BCUT2D eigenvalue weighted by atomic mass is 16.6. The predicted molar refractivity (Wildman–Crippen MR) is 109 cm³/mol. The second-order valence-corrected chi connectivity index (χ2v) is 6.81. The summed E-state index contributed by atoms with van der Waals surface area (Å²) >= 11 is 0. The summed E-state index contributed by atoms with van der Waals surface area (Å²) in [5.41, 5.74) is 0.604. The quantitative estimate of drug-likeness (QED) is 0.647. The van der Waals surface area contributed by atoms with Gasteiger partial charge in [-0.25, -0.2) is 4.98 Å². The number of carbonyl (C=O) groups excluding carboxylic acids is 1. The van der Waals surface area contributed by atoms with E-state index in [2.05, 4.69) is 15.3 Å². The third kappa shape index (κ3) is 4.60. The molecule has 1 aromatic heterocycles. The van der Waals surface area contributed by atoms with Crippen LogP contribution in [0.25, 0.3) is 0 Å². The van der Waals surface area contributed by atoms with Crippen molar-refractivity contribution in [1.82, 2.24) is 15.3 Å². The zero-order valence-electron chi connectivity index (χ0n) is 16.4. The van der Waals surface area contributed by atoms with E-state index in [1.165, 1.54) is 6.07 Å². The molecular formula is C22H21N3O5. The monoisotopic (exact) mass is 407 g/mol. The Morgan fingerprint density at radius 3 is 2.73 bits per heavy atom. The number of carbonyl (C=O) groups is 1. The van der Waals surface area contributed by atoms with Crippen molar-refractivity contribution >= 4 is 5.91 Å². The molecule has 2 N–H and O–H groups in total.